The number of thiazole rings is 1. The first kappa shape index (κ1) is 18.3. The lowest BCUT2D eigenvalue weighted by Gasteiger charge is -2.30. The third kappa shape index (κ3) is 4.21. The summed E-state index contributed by atoms with van der Waals surface area (Å²) in [7, 11) is 0. The molecule has 1 fully saturated rings. The van der Waals surface area contributed by atoms with E-state index < -0.39 is 17.7 Å². The Hall–Kier alpha value is -1.46. The number of piperidine rings is 1. The summed E-state index contributed by atoms with van der Waals surface area (Å²) in [6.45, 7) is 1.78. The Bertz CT molecular complexity index is 728. The standard InChI is InChI=1S/C14H15F4N5S2/c1-24-23-4-2-8(3-5-23)21-13-19-6-9(15)10(22-13)11-12(14(16,17)18)20-7-25-11/h6-8H,2-5H2,1H3,(H,19,21,22). The average Bonchev–Trinajstić information content (AvgIpc) is 3.07. The van der Waals surface area contributed by atoms with Gasteiger partial charge in [-0.25, -0.2) is 19.3 Å². The molecule has 11 heteroatoms. The minimum atomic E-state index is -4.66. The zero-order valence-corrected chi connectivity index (χ0v) is 14.8. The molecule has 0 spiro atoms. The molecular weight excluding hydrogens is 378 g/mol. The number of hydrogen-bond donors (Lipinski definition) is 1. The number of nitrogens with zero attached hydrogens (tertiary/aromatic N) is 4. The molecule has 1 N–H and O–H groups in total. The summed E-state index contributed by atoms with van der Waals surface area (Å²) in [4.78, 5) is 10.8. The number of hydrogen-bond acceptors (Lipinski definition) is 7. The van der Waals surface area contributed by atoms with Crippen molar-refractivity contribution in [2.75, 3.05) is 24.7 Å². The molecule has 2 aromatic rings. The van der Waals surface area contributed by atoms with Gasteiger partial charge in [0, 0.05) is 19.1 Å². The quantitative estimate of drug-likeness (QED) is 0.628. The van der Waals surface area contributed by atoms with Gasteiger partial charge in [0.2, 0.25) is 5.95 Å². The van der Waals surface area contributed by atoms with Gasteiger partial charge in [-0.2, -0.15) is 13.2 Å². The van der Waals surface area contributed by atoms with Crippen molar-refractivity contribution in [2.24, 2.45) is 0 Å². The first-order valence-electron chi connectivity index (χ1n) is 7.47. The fraction of sp³-hybridized carbons (Fsp3) is 0.500. The van der Waals surface area contributed by atoms with Gasteiger partial charge in [0.25, 0.3) is 0 Å². The van der Waals surface area contributed by atoms with E-state index in [2.05, 4.69) is 24.6 Å². The zero-order valence-electron chi connectivity index (χ0n) is 13.2. The van der Waals surface area contributed by atoms with Crippen LogP contribution in [0, 0.1) is 5.82 Å². The molecule has 1 saturated heterocycles. The Balaban J connectivity index is 1.81. The van der Waals surface area contributed by atoms with E-state index in [1.807, 2.05) is 6.26 Å². The number of nitrogens with one attached hydrogen (secondary N) is 1. The number of aromatic nitrogens is 3. The van der Waals surface area contributed by atoms with E-state index in [9.17, 15) is 17.6 Å². The van der Waals surface area contributed by atoms with E-state index in [4.69, 9.17) is 0 Å². The van der Waals surface area contributed by atoms with Crippen molar-refractivity contribution in [2.45, 2.75) is 25.1 Å². The zero-order chi connectivity index (χ0) is 18.0. The lowest BCUT2D eigenvalue weighted by Crippen LogP contribution is -2.35. The minimum absolute atomic E-state index is 0.102. The van der Waals surface area contributed by atoms with E-state index >= 15 is 0 Å². The van der Waals surface area contributed by atoms with Crippen LogP contribution in [0.1, 0.15) is 18.5 Å². The Morgan fingerprint density at radius 3 is 2.64 bits per heavy atom. The summed E-state index contributed by atoms with van der Waals surface area (Å²) in [5, 5.41) is 3.09. The molecule has 0 bridgehead atoms. The summed E-state index contributed by atoms with van der Waals surface area (Å²) in [6, 6.07) is 0.102. The molecule has 0 aromatic carbocycles. The van der Waals surface area contributed by atoms with Gasteiger partial charge in [0.15, 0.2) is 11.5 Å². The molecule has 0 amide bonds. The lowest BCUT2D eigenvalue weighted by molar-refractivity contribution is -0.140. The van der Waals surface area contributed by atoms with Gasteiger partial charge in [0.05, 0.1) is 16.6 Å². The largest absolute Gasteiger partial charge is 0.434 e. The topological polar surface area (TPSA) is 53.9 Å². The van der Waals surface area contributed by atoms with Gasteiger partial charge >= 0.3 is 6.18 Å². The number of alkyl halides is 3. The molecule has 1 aliphatic rings. The second-order valence-electron chi connectivity index (χ2n) is 5.45. The molecule has 3 heterocycles. The average molecular weight is 393 g/mol. The fourth-order valence-corrected chi connectivity index (χ4v) is 3.95. The molecular formula is C14H15F4N5S2. The van der Waals surface area contributed by atoms with E-state index in [1.165, 1.54) is 0 Å². The summed E-state index contributed by atoms with van der Waals surface area (Å²) in [6.07, 6.45) is -0.0561. The highest BCUT2D eigenvalue weighted by Crippen LogP contribution is 2.38. The Labute approximate surface area is 150 Å². The molecule has 5 nitrogen and oxygen atoms in total. The molecule has 0 atom stereocenters. The van der Waals surface area contributed by atoms with Crippen LogP contribution < -0.4 is 5.32 Å². The van der Waals surface area contributed by atoms with Crippen LogP contribution in [-0.2, 0) is 6.18 Å². The molecule has 2 aromatic heterocycles. The minimum Gasteiger partial charge on any atom is -0.351 e. The molecule has 0 unspecified atom stereocenters. The first-order chi connectivity index (χ1) is 11.9. The van der Waals surface area contributed by atoms with Crippen LogP contribution in [0.25, 0.3) is 10.6 Å². The fourth-order valence-electron chi connectivity index (χ4n) is 2.58. The van der Waals surface area contributed by atoms with Crippen LogP contribution in [0.3, 0.4) is 0 Å². The maximum absolute atomic E-state index is 14.0. The van der Waals surface area contributed by atoms with Crippen LogP contribution in [0.5, 0.6) is 0 Å². The Morgan fingerprint density at radius 2 is 2.00 bits per heavy atom. The van der Waals surface area contributed by atoms with Crippen molar-refractivity contribution >= 4 is 29.2 Å². The highest BCUT2D eigenvalue weighted by Gasteiger charge is 2.38. The van der Waals surface area contributed by atoms with Crippen LogP contribution >= 0.6 is 23.3 Å². The maximum atomic E-state index is 14.0. The highest BCUT2D eigenvalue weighted by atomic mass is 32.2. The number of rotatable bonds is 4. The number of anilines is 1. The van der Waals surface area contributed by atoms with E-state index in [0.717, 1.165) is 37.6 Å². The highest BCUT2D eigenvalue weighted by molar-refractivity contribution is 7.96. The molecule has 0 aliphatic carbocycles. The van der Waals surface area contributed by atoms with Crippen LogP contribution in [0.4, 0.5) is 23.5 Å². The SMILES string of the molecule is CSN1CCC(Nc2ncc(F)c(-c3scnc3C(F)(F)F)n2)CC1. The Morgan fingerprint density at radius 1 is 1.28 bits per heavy atom. The summed E-state index contributed by atoms with van der Waals surface area (Å²) < 4.78 is 55.2. The molecule has 136 valence electrons. The molecule has 3 rings (SSSR count). The van der Waals surface area contributed by atoms with Crippen LogP contribution in [0.15, 0.2) is 11.7 Å². The monoisotopic (exact) mass is 393 g/mol. The van der Waals surface area contributed by atoms with Gasteiger partial charge in [-0.3, -0.25) is 4.31 Å². The molecule has 0 radical (unpaired) electrons. The first-order valence-corrected chi connectivity index (χ1v) is 9.54. The third-order valence-electron chi connectivity index (χ3n) is 3.84. The lowest BCUT2D eigenvalue weighted by atomic mass is 10.1. The smallest absolute Gasteiger partial charge is 0.351 e. The molecule has 0 saturated carbocycles. The van der Waals surface area contributed by atoms with Crippen molar-refractivity contribution < 1.29 is 17.6 Å². The van der Waals surface area contributed by atoms with Crippen LogP contribution in [0.2, 0.25) is 0 Å². The van der Waals surface area contributed by atoms with E-state index in [1.54, 1.807) is 11.9 Å². The van der Waals surface area contributed by atoms with E-state index in [-0.39, 0.29) is 22.6 Å². The van der Waals surface area contributed by atoms with Crippen molar-refractivity contribution in [3.05, 3.63) is 23.2 Å². The number of halogens is 4. The summed E-state index contributed by atoms with van der Waals surface area (Å²) in [5.74, 6) is -0.780. The normalized spacial score (nSPS) is 17.0. The maximum Gasteiger partial charge on any atom is 0.434 e. The van der Waals surface area contributed by atoms with Crippen molar-refractivity contribution in [3.63, 3.8) is 0 Å². The predicted octanol–water partition coefficient (Wildman–Crippen LogP) is 3.91. The molecule has 25 heavy (non-hydrogen) atoms. The Kier molecular flexibility index (Phi) is 5.44. The summed E-state index contributed by atoms with van der Waals surface area (Å²) >= 11 is 2.38. The third-order valence-corrected chi connectivity index (χ3v) is 5.56. The van der Waals surface area contributed by atoms with Gasteiger partial charge in [-0.1, -0.05) is 11.9 Å². The van der Waals surface area contributed by atoms with Gasteiger partial charge in [-0.05, 0) is 19.1 Å². The van der Waals surface area contributed by atoms with Gasteiger partial charge < -0.3 is 5.32 Å². The second-order valence-corrected chi connectivity index (χ2v) is 7.18. The van der Waals surface area contributed by atoms with Crippen molar-refractivity contribution in [1.29, 1.82) is 0 Å². The van der Waals surface area contributed by atoms with Crippen LogP contribution in [-0.4, -0.2) is 44.6 Å². The van der Waals surface area contributed by atoms with Crippen molar-refractivity contribution in [1.82, 2.24) is 19.3 Å². The second kappa shape index (κ2) is 7.42. The van der Waals surface area contributed by atoms with Gasteiger partial charge in [0.1, 0.15) is 5.69 Å². The van der Waals surface area contributed by atoms with Gasteiger partial charge in [-0.15, -0.1) is 11.3 Å². The van der Waals surface area contributed by atoms with Crippen molar-refractivity contribution in [3.8, 4) is 10.6 Å². The van der Waals surface area contributed by atoms with E-state index in [0.29, 0.717) is 11.3 Å². The molecule has 1 aliphatic heterocycles. The summed E-state index contributed by atoms with van der Waals surface area (Å²) in [5.41, 5.74) is -0.478. The predicted molar refractivity (Wildman–Crippen MR) is 89.8 cm³/mol.